The highest BCUT2D eigenvalue weighted by Crippen LogP contribution is 2.52. The van der Waals surface area contributed by atoms with Crippen LogP contribution in [0.3, 0.4) is 0 Å². The summed E-state index contributed by atoms with van der Waals surface area (Å²) in [4.78, 5) is 0. The predicted molar refractivity (Wildman–Crippen MR) is 114 cm³/mol. The second-order valence-corrected chi connectivity index (χ2v) is 8.38. The van der Waals surface area contributed by atoms with E-state index in [1.807, 2.05) is 18.2 Å². The van der Waals surface area contributed by atoms with Gasteiger partial charge in [-0.05, 0) is 57.7 Å². The maximum absolute atomic E-state index is 6.39. The molecule has 3 heteroatoms. The standard InChI is InChI=1S/C25H34O3/c1-7-8-12-15-26-24-21-19(4)22(27-16-20-13-10-9-11-14-20)17(2)18(3)23(21)28-25(24,5)6/h9-11,13-14,24H,7-8,12,15-16H2,1-6H3. The summed E-state index contributed by atoms with van der Waals surface area (Å²) in [6.45, 7) is 14.2. The Hall–Kier alpha value is -2.00. The molecule has 1 unspecified atom stereocenters. The van der Waals surface area contributed by atoms with Crippen molar-refractivity contribution in [2.45, 2.75) is 79.1 Å². The molecule has 0 fully saturated rings. The summed E-state index contributed by atoms with van der Waals surface area (Å²) in [7, 11) is 0. The van der Waals surface area contributed by atoms with Crippen molar-refractivity contribution >= 4 is 0 Å². The first-order valence-corrected chi connectivity index (χ1v) is 10.5. The lowest BCUT2D eigenvalue weighted by molar-refractivity contribution is -0.0530. The number of hydrogen-bond acceptors (Lipinski definition) is 3. The number of rotatable bonds is 8. The average Bonchev–Trinajstić information content (AvgIpc) is 2.95. The fourth-order valence-electron chi connectivity index (χ4n) is 4.01. The van der Waals surface area contributed by atoms with Gasteiger partial charge in [0.15, 0.2) is 0 Å². The fourth-order valence-corrected chi connectivity index (χ4v) is 4.01. The van der Waals surface area contributed by atoms with Gasteiger partial charge in [0.1, 0.15) is 29.8 Å². The lowest BCUT2D eigenvalue weighted by atomic mass is 9.90. The minimum absolute atomic E-state index is 0.0715. The van der Waals surface area contributed by atoms with Gasteiger partial charge in [-0.2, -0.15) is 0 Å². The number of benzene rings is 2. The highest BCUT2D eigenvalue weighted by Gasteiger charge is 2.45. The molecule has 3 nitrogen and oxygen atoms in total. The molecule has 1 atom stereocenters. The number of hydrogen-bond donors (Lipinski definition) is 0. The monoisotopic (exact) mass is 382 g/mol. The zero-order valence-electron chi connectivity index (χ0n) is 18.2. The van der Waals surface area contributed by atoms with Crippen molar-refractivity contribution in [3.8, 4) is 11.5 Å². The molecular formula is C25H34O3. The number of unbranched alkanes of at least 4 members (excludes halogenated alkanes) is 2. The second kappa shape index (κ2) is 8.57. The van der Waals surface area contributed by atoms with Gasteiger partial charge in [-0.25, -0.2) is 0 Å². The van der Waals surface area contributed by atoms with Gasteiger partial charge in [0.05, 0.1) is 0 Å². The smallest absolute Gasteiger partial charge is 0.134 e. The lowest BCUT2D eigenvalue weighted by Gasteiger charge is -2.27. The second-order valence-electron chi connectivity index (χ2n) is 8.38. The van der Waals surface area contributed by atoms with Crippen LogP contribution >= 0.6 is 0 Å². The minimum Gasteiger partial charge on any atom is -0.488 e. The summed E-state index contributed by atoms with van der Waals surface area (Å²) in [5, 5.41) is 0. The van der Waals surface area contributed by atoms with E-state index in [4.69, 9.17) is 14.2 Å². The van der Waals surface area contributed by atoms with E-state index in [1.54, 1.807) is 0 Å². The normalized spacial score (nSPS) is 17.3. The quantitative estimate of drug-likeness (QED) is 0.481. The first kappa shape index (κ1) is 20.7. The Morgan fingerprint density at radius 1 is 0.964 bits per heavy atom. The molecule has 0 N–H and O–H groups in total. The Morgan fingerprint density at radius 3 is 2.36 bits per heavy atom. The van der Waals surface area contributed by atoms with Crippen molar-refractivity contribution in [1.29, 1.82) is 0 Å². The lowest BCUT2D eigenvalue weighted by Crippen LogP contribution is -2.32. The molecule has 28 heavy (non-hydrogen) atoms. The van der Waals surface area contributed by atoms with Gasteiger partial charge in [-0.3, -0.25) is 0 Å². The van der Waals surface area contributed by atoms with E-state index in [2.05, 4.69) is 53.7 Å². The van der Waals surface area contributed by atoms with Crippen LogP contribution in [-0.2, 0) is 11.3 Å². The minimum atomic E-state index is -0.380. The summed E-state index contributed by atoms with van der Waals surface area (Å²) in [5.74, 6) is 1.94. The molecule has 152 valence electrons. The zero-order chi connectivity index (χ0) is 20.3. The average molecular weight is 383 g/mol. The maximum atomic E-state index is 6.39. The van der Waals surface area contributed by atoms with Crippen LogP contribution in [0.2, 0.25) is 0 Å². The highest BCUT2D eigenvalue weighted by molar-refractivity contribution is 5.61. The molecule has 0 aliphatic carbocycles. The molecule has 1 aliphatic heterocycles. The van der Waals surface area contributed by atoms with Gasteiger partial charge in [0.25, 0.3) is 0 Å². The van der Waals surface area contributed by atoms with E-state index in [-0.39, 0.29) is 11.7 Å². The zero-order valence-corrected chi connectivity index (χ0v) is 18.2. The third kappa shape index (κ3) is 4.05. The van der Waals surface area contributed by atoms with E-state index < -0.39 is 0 Å². The van der Waals surface area contributed by atoms with Crippen molar-refractivity contribution in [2.24, 2.45) is 0 Å². The van der Waals surface area contributed by atoms with Crippen LogP contribution in [0.5, 0.6) is 11.5 Å². The maximum Gasteiger partial charge on any atom is 0.134 e. The van der Waals surface area contributed by atoms with E-state index in [0.717, 1.165) is 46.8 Å². The SMILES string of the molecule is CCCCCOC1c2c(C)c(OCc3ccccc3)c(C)c(C)c2OC1(C)C. The van der Waals surface area contributed by atoms with Crippen molar-refractivity contribution in [3.63, 3.8) is 0 Å². The van der Waals surface area contributed by atoms with Gasteiger partial charge in [-0.1, -0.05) is 50.1 Å². The van der Waals surface area contributed by atoms with Crippen LogP contribution in [-0.4, -0.2) is 12.2 Å². The molecule has 0 aromatic heterocycles. The molecule has 0 saturated heterocycles. The topological polar surface area (TPSA) is 27.7 Å². The van der Waals surface area contributed by atoms with Crippen LogP contribution in [0.25, 0.3) is 0 Å². The predicted octanol–water partition coefficient (Wildman–Crippen LogP) is 6.61. The molecule has 0 radical (unpaired) electrons. The Balaban J connectivity index is 1.91. The van der Waals surface area contributed by atoms with Gasteiger partial charge < -0.3 is 14.2 Å². The highest BCUT2D eigenvalue weighted by atomic mass is 16.6. The Bertz CT molecular complexity index is 809. The van der Waals surface area contributed by atoms with Crippen LogP contribution in [0.1, 0.15) is 74.0 Å². The van der Waals surface area contributed by atoms with Gasteiger partial charge in [-0.15, -0.1) is 0 Å². The van der Waals surface area contributed by atoms with Crippen molar-refractivity contribution < 1.29 is 14.2 Å². The number of fused-ring (bicyclic) bond motifs is 1. The van der Waals surface area contributed by atoms with Crippen molar-refractivity contribution in [2.75, 3.05) is 6.61 Å². The summed E-state index contributed by atoms with van der Waals surface area (Å²) >= 11 is 0. The summed E-state index contributed by atoms with van der Waals surface area (Å²) in [6, 6.07) is 10.3. The Kier molecular flexibility index (Phi) is 6.34. The molecule has 0 amide bonds. The van der Waals surface area contributed by atoms with E-state index in [0.29, 0.717) is 6.61 Å². The van der Waals surface area contributed by atoms with E-state index >= 15 is 0 Å². The summed E-state index contributed by atoms with van der Waals surface area (Å²) < 4.78 is 19.1. The van der Waals surface area contributed by atoms with E-state index in [9.17, 15) is 0 Å². The van der Waals surface area contributed by atoms with Gasteiger partial charge in [0, 0.05) is 17.7 Å². The third-order valence-corrected chi connectivity index (χ3v) is 5.75. The van der Waals surface area contributed by atoms with Gasteiger partial charge >= 0.3 is 0 Å². The third-order valence-electron chi connectivity index (χ3n) is 5.75. The Labute approximate surface area is 170 Å². The molecule has 3 rings (SSSR count). The van der Waals surface area contributed by atoms with Crippen LogP contribution < -0.4 is 9.47 Å². The molecule has 0 spiro atoms. The fraction of sp³-hybridized carbons (Fsp3) is 0.520. The molecule has 1 heterocycles. The van der Waals surface area contributed by atoms with Crippen molar-refractivity contribution in [3.05, 3.63) is 58.1 Å². The first-order chi connectivity index (χ1) is 13.4. The van der Waals surface area contributed by atoms with Crippen LogP contribution in [0.4, 0.5) is 0 Å². The van der Waals surface area contributed by atoms with Crippen molar-refractivity contribution in [1.82, 2.24) is 0 Å². The molecule has 1 aliphatic rings. The summed E-state index contributed by atoms with van der Waals surface area (Å²) in [6.07, 6.45) is 3.40. The molecular weight excluding hydrogens is 348 g/mol. The molecule has 0 saturated carbocycles. The first-order valence-electron chi connectivity index (χ1n) is 10.5. The van der Waals surface area contributed by atoms with Gasteiger partial charge in [0.2, 0.25) is 0 Å². The van der Waals surface area contributed by atoms with Crippen LogP contribution in [0.15, 0.2) is 30.3 Å². The Morgan fingerprint density at radius 2 is 1.68 bits per heavy atom. The number of ether oxygens (including phenoxy) is 3. The molecule has 2 aromatic carbocycles. The summed E-state index contributed by atoms with van der Waals surface area (Å²) in [5.41, 5.74) is 5.39. The molecule has 0 bridgehead atoms. The molecule has 2 aromatic rings. The van der Waals surface area contributed by atoms with Crippen LogP contribution in [0, 0.1) is 20.8 Å². The van der Waals surface area contributed by atoms with E-state index in [1.165, 1.54) is 18.4 Å². The largest absolute Gasteiger partial charge is 0.488 e.